The average molecular weight is 274 g/mol. The Balaban J connectivity index is 0.00000289. The van der Waals surface area contributed by atoms with E-state index >= 15 is 0 Å². The van der Waals surface area contributed by atoms with E-state index in [0.717, 1.165) is 13.0 Å². The topological polar surface area (TPSA) is 84.3 Å². The zero-order valence-electron chi connectivity index (χ0n) is 10.0. The number of carbonyl (C=O) groups excluding carboxylic acids is 1. The molecule has 18 heavy (non-hydrogen) atoms. The van der Waals surface area contributed by atoms with Gasteiger partial charge in [0.25, 0.3) is 5.69 Å². The van der Waals surface area contributed by atoms with E-state index in [1.165, 1.54) is 12.1 Å². The molecule has 6 nitrogen and oxygen atoms in total. The number of nitro benzene ring substituents is 1. The fraction of sp³-hybridized carbons (Fsp3) is 0.364. The summed E-state index contributed by atoms with van der Waals surface area (Å²) >= 11 is 0. The standard InChI is InChI=1S/C11H15N3O3.ClH/c1-12-7-3-6-11(15)13-9-4-2-5-10(8-9)14(16)17;/h2,4-5,8,12H,3,6-7H2,1H3,(H,13,15);1H. The quantitative estimate of drug-likeness (QED) is 0.471. The minimum atomic E-state index is -0.489. The molecule has 0 bridgehead atoms. The Morgan fingerprint density at radius 2 is 2.17 bits per heavy atom. The molecule has 0 saturated carbocycles. The molecule has 0 aromatic heterocycles. The molecule has 0 aliphatic carbocycles. The fourth-order valence-electron chi connectivity index (χ4n) is 1.35. The van der Waals surface area contributed by atoms with Crippen LogP contribution in [-0.2, 0) is 4.79 Å². The largest absolute Gasteiger partial charge is 0.326 e. The second kappa shape index (κ2) is 8.43. The number of amides is 1. The molecule has 0 spiro atoms. The van der Waals surface area contributed by atoms with Crippen molar-refractivity contribution < 1.29 is 9.72 Å². The van der Waals surface area contributed by atoms with Gasteiger partial charge in [-0.1, -0.05) is 6.07 Å². The highest BCUT2D eigenvalue weighted by Crippen LogP contribution is 2.17. The molecule has 1 aromatic carbocycles. The number of nitro groups is 1. The lowest BCUT2D eigenvalue weighted by Gasteiger charge is -2.04. The first kappa shape index (κ1) is 16.3. The second-order valence-electron chi connectivity index (χ2n) is 3.56. The monoisotopic (exact) mass is 273 g/mol. The number of anilines is 1. The zero-order valence-corrected chi connectivity index (χ0v) is 10.8. The first-order valence-electron chi connectivity index (χ1n) is 5.32. The van der Waals surface area contributed by atoms with Crippen LogP contribution in [0.15, 0.2) is 24.3 Å². The van der Waals surface area contributed by atoms with Crippen molar-refractivity contribution in [3.8, 4) is 0 Å². The highest BCUT2D eigenvalue weighted by molar-refractivity contribution is 5.90. The first-order valence-corrected chi connectivity index (χ1v) is 5.32. The van der Waals surface area contributed by atoms with E-state index in [9.17, 15) is 14.9 Å². The van der Waals surface area contributed by atoms with Crippen LogP contribution < -0.4 is 10.6 Å². The van der Waals surface area contributed by atoms with Crippen LogP contribution in [0.3, 0.4) is 0 Å². The molecule has 0 aliphatic heterocycles. The molecule has 0 radical (unpaired) electrons. The van der Waals surface area contributed by atoms with Crippen LogP contribution in [0.25, 0.3) is 0 Å². The lowest BCUT2D eigenvalue weighted by molar-refractivity contribution is -0.384. The van der Waals surface area contributed by atoms with E-state index < -0.39 is 4.92 Å². The third-order valence-electron chi connectivity index (χ3n) is 2.17. The maximum absolute atomic E-state index is 11.5. The molecule has 7 heteroatoms. The van der Waals surface area contributed by atoms with Gasteiger partial charge in [0.15, 0.2) is 0 Å². The average Bonchev–Trinajstić information content (AvgIpc) is 2.29. The number of benzene rings is 1. The Hall–Kier alpha value is -1.66. The molecular weight excluding hydrogens is 258 g/mol. The van der Waals surface area contributed by atoms with Crippen molar-refractivity contribution >= 4 is 29.7 Å². The summed E-state index contributed by atoms with van der Waals surface area (Å²) in [4.78, 5) is 21.5. The summed E-state index contributed by atoms with van der Waals surface area (Å²) in [6.07, 6.45) is 1.13. The summed E-state index contributed by atoms with van der Waals surface area (Å²) in [6.45, 7) is 0.766. The Morgan fingerprint density at radius 3 is 2.78 bits per heavy atom. The van der Waals surface area contributed by atoms with E-state index in [-0.39, 0.29) is 24.0 Å². The second-order valence-corrected chi connectivity index (χ2v) is 3.56. The molecule has 1 aromatic rings. The summed E-state index contributed by atoms with van der Waals surface area (Å²) < 4.78 is 0. The van der Waals surface area contributed by atoms with Crippen molar-refractivity contribution in [3.63, 3.8) is 0 Å². The maximum Gasteiger partial charge on any atom is 0.271 e. The number of nitrogens with zero attached hydrogens (tertiary/aromatic N) is 1. The van der Waals surface area contributed by atoms with Crippen LogP contribution in [0, 0.1) is 10.1 Å². The third-order valence-corrected chi connectivity index (χ3v) is 2.17. The lowest BCUT2D eigenvalue weighted by atomic mass is 10.2. The molecule has 0 saturated heterocycles. The minimum Gasteiger partial charge on any atom is -0.326 e. The summed E-state index contributed by atoms with van der Waals surface area (Å²) in [5.41, 5.74) is 0.423. The van der Waals surface area contributed by atoms with Crippen molar-refractivity contribution in [1.82, 2.24) is 5.32 Å². The van der Waals surface area contributed by atoms with E-state index in [2.05, 4.69) is 10.6 Å². The predicted octanol–water partition coefficient (Wildman–Crippen LogP) is 1.95. The van der Waals surface area contributed by atoms with E-state index in [1.807, 2.05) is 7.05 Å². The zero-order chi connectivity index (χ0) is 12.7. The highest BCUT2D eigenvalue weighted by atomic mass is 35.5. The van der Waals surface area contributed by atoms with Crippen molar-refractivity contribution in [2.45, 2.75) is 12.8 Å². The van der Waals surface area contributed by atoms with Crippen molar-refractivity contribution in [2.24, 2.45) is 0 Å². The van der Waals surface area contributed by atoms with Crippen LogP contribution in [-0.4, -0.2) is 24.4 Å². The molecule has 0 unspecified atom stereocenters. The summed E-state index contributed by atoms with van der Waals surface area (Å²) in [5.74, 6) is -0.138. The number of nitrogens with one attached hydrogen (secondary N) is 2. The number of hydrogen-bond acceptors (Lipinski definition) is 4. The summed E-state index contributed by atoms with van der Waals surface area (Å²) in [6, 6.07) is 5.90. The molecule has 1 rings (SSSR count). The summed E-state index contributed by atoms with van der Waals surface area (Å²) in [5, 5.41) is 16.1. The Morgan fingerprint density at radius 1 is 1.44 bits per heavy atom. The van der Waals surface area contributed by atoms with Gasteiger partial charge < -0.3 is 10.6 Å². The highest BCUT2D eigenvalue weighted by Gasteiger charge is 2.07. The van der Waals surface area contributed by atoms with Gasteiger partial charge in [0, 0.05) is 24.2 Å². The summed E-state index contributed by atoms with van der Waals surface area (Å²) in [7, 11) is 1.82. The van der Waals surface area contributed by atoms with Gasteiger partial charge in [-0.2, -0.15) is 0 Å². The number of halogens is 1. The molecule has 2 N–H and O–H groups in total. The Bertz CT molecular complexity index is 412. The number of carbonyl (C=O) groups is 1. The van der Waals surface area contributed by atoms with Gasteiger partial charge >= 0.3 is 0 Å². The molecule has 100 valence electrons. The SMILES string of the molecule is CNCCCC(=O)Nc1cccc([N+](=O)[O-])c1.Cl. The maximum atomic E-state index is 11.5. The smallest absolute Gasteiger partial charge is 0.271 e. The Labute approximate surface area is 111 Å². The van der Waals surface area contributed by atoms with E-state index in [4.69, 9.17) is 0 Å². The van der Waals surface area contributed by atoms with Gasteiger partial charge in [-0.05, 0) is 26.1 Å². The number of rotatable bonds is 6. The molecular formula is C11H16ClN3O3. The molecule has 1 amide bonds. The van der Waals surface area contributed by atoms with E-state index in [0.29, 0.717) is 12.1 Å². The molecule has 0 aliphatic rings. The fourth-order valence-corrected chi connectivity index (χ4v) is 1.35. The van der Waals surface area contributed by atoms with E-state index in [1.54, 1.807) is 12.1 Å². The first-order chi connectivity index (χ1) is 8.13. The number of hydrogen-bond donors (Lipinski definition) is 2. The predicted molar refractivity (Wildman–Crippen MR) is 72.1 cm³/mol. The Kier molecular flexibility index (Phi) is 7.66. The molecule has 0 fully saturated rings. The van der Waals surface area contributed by atoms with Crippen LogP contribution >= 0.6 is 12.4 Å². The minimum absolute atomic E-state index is 0. The van der Waals surface area contributed by atoms with Gasteiger partial charge in [-0.15, -0.1) is 12.4 Å². The van der Waals surface area contributed by atoms with Gasteiger partial charge in [-0.25, -0.2) is 0 Å². The van der Waals surface area contributed by atoms with Crippen LogP contribution in [0.1, 0.15) is 12.8 Å². The molecule has 0 heterocycles. The molecule has 0 atom stereocenters. The van der Waals surface area contributed by atoms with Crippen molar-refractivity contribution in [1.29, 1.82) is 0 Å². The third kappa shape index (κ3) is 5.60. The normalized spacial score (nSPS) is 9.39. The van der Waals surface area contributed by atoms with Crippen LogP contribution in [0.2, 0.25) is 0 Å². The van der Waals surface area contributed by atoms with Crippen LogP contribution in [0.4, 0.5) is 11.4 Å². The van der Waals surface area contributed by atoms with Gasteiger partial charge in [-0.3, -0.25) is 14.9 Å². The van der Waals surface area contributed by atoms with Crippen LogP contribution in [0.5, 0.6) is 0 Å². The van der Waals surface area contributed by atoms with Gasteiger partial charge in [0.05, 0.1) is 4.92 Å². The van der Waals surface area contributed by atoms with Crippen molar-refractivity contribution in [3.05, 3.63) is 34.4 Å². The van der Waals surface area contributed by atoms with Crippen molar-refractivity contribution in [2.75, 3.05) is 18.9 Å². The number of non-ortho nitro benzene ring substituents is 1. The lowest BCUT2D eigenvalue weighted by Crippen LogP contribution is -2.15. The van der Waals surface area contributed by atoms with Gasteiger partial charge in [0.1, 0.15) is 0 Å². The van der Waals surface area contributed by atoms with Gasteiger partial charge in [0.2, 0.25) is 5.91 Å².